The molecule has 4 rings (SSSR count). The number of cyclic esters (lactones) is 1. The van der Waals surface area contributed by atoms with Crippen LogP contribution in [0.2, 0.25) is 0 Å². The molecule has 2 aromatic carbocycles. The number of carbonyl (C=O) groups is 1. The molecule has 0 aliphatic carbocycles. The van der Waals surface area contributed by atoms with Gasteiger partial charge in [-0.1, -0.05) is 18.2 Å². The molecule has 1 saturated heterocycles. The van der Waals surface area contributed by atoms with Crippen molar-refractivity contribution in [3.05, 3.63) is 88.3 Å². The smallest absolute Gasteiger partial charge is 0.309 e. The third kappa shape index (κ3) is 4.94. The van der Waals surface area contributed by atoms with Gasteiger partial charge >= 0.3 is 5.97 Å². The van der Waals surface area contributed by atoms with E-state index in [-0.39, 0.29) is 24.5 Å². The molecule has 0 radical (unpaired) electrons. The average Bonchev–Trinajstić information content (AvgIpc) is 3.20. The second kappa shape index (κ2) is 9.64. The second-order valence-electron chi connectivity index (χ2n) is 8.32. The van der Waals surface area contributed by atoms with Crippen LogP contribution in [-0.2, 0) is 16.6 Å². The number of aromatic nitrogens is 4. The molecule has 2 atom stereocenters. The van der Waals surface area contributed by atoms with E-state index in [0.29, 0.717) is 39.2 Å². The molecule has 34 heavy (non-hydrogen) atoms. The molecule has 1 fully saturated rings. The van der Waals surface area contributed by atoms with Crippen molar-refractivity contribution in [3.8, 4) is 0 Å². The maximum absolute atomic E-state index is 14.1. The number of nitrogens with zero attached hydrogens (tertiary/aromatic N) is 4. The van der Waals surface area contributed by atoms with E-state index in [1.54, 1.807) is 57.3 Å². The third-order valence-electron chi connectivity index (χ3n) is 5.69. The molecule has 2 unspecified atom stereocenters. The van der Waals surface area contributed by atoms with E-state index in [2.05, 4.69) is 15.5 Å². The molecule has 1 aliphatic rings. The summed E-state index contributed by atoms with van der Waals surface area (Å²) in [5.74, 6) is -0.779. The van der Waals surface area contributed by atoms with Crippen LogP contribution in [0.4, 0.5) is 8.78 Å². The first-order valence-corrected chi connectivity index (χ1v) is 10.8. The van der Waals surface area contributed by atoms with E-state index >= 15 is 0 Å². The van der Waals surface area contributed by atoms with Crippen LogP contribution < -0.4 is 0 Å². The highest BCUT2D eigenvalue weighted by Crippen LogP contribution is 2.34. The summed E-state index contributed by atoms with van der Waals surface area (Å²) in [6, 6.07) is 9.42. The number of rotatable bonds is 5. The highest BCUT2D eigenvalue weighted by Gasteiger charge is 2.26. The minimum atomic E-state index is -0.793. The van der Waals surface area contributed by atoms with Gasteiger partial charge in [0.05, 0.1) is 12.5 Å². The fraction of sp³-hybridized carbons (Fsp3) is 0.280. The minimum absolute atomic E-state index is 0.0464. The van der Waals surface area contributed by atoms with E-state index in [1.165, 1.54) is 16.8 Å². The quantitative estimate of drug-likeness (QED) is 0.456. The lowest BCUT2D eigenvalue weighted by Gasteiger charge is -2.23. The summed E-state index contributed by atoms with van der Waals surface area (Å²) in [6.07, 6.45) is 2.16. The van der Waals surface area contributed by atoms with Gasteiger partial charge in [0.1, 0.15) is 17.7 Å². The first-order chi connectivity index (χ1) is 16.2. The monoisotopic (exact) mass is 466 g/mol. The Morgan fingerprint density at radius 1 is 1.12 bits per heavy atom. The van der Waals surface area contributed by atoms with Gasteiger partial charge in [0.15, 0.2) is 5.82 Å². The molecule has 2 heterocycles. The van der Waals surface area contributed by atoms with Crippen molar-refractivity contribution in [2.45, 2.75) is 38.9 Å². The zero-order valence-corrected chi connectivity index (χ0v) is 19.0. The summed E-state index contributed by atoms with van der Waals surface area (Å²) < 4.78 is 35.0. The van der Waals surface area contributed by atoms with Gasteiger partial charge in [0.2, 0.25) is 0 Å². The predicted molar refractivity (Wildman–Crippen MR) is 121 cm³/mol. The molecule has 1 aromatic heterocycles. The van der Waals surface area contributed by atoms with Gasteiger partial charge in [-0.15, -0.1) is 5.10 Å². The van der Waals surface area contributed by atoms with Crippen LogP contribution in [0, 0.1) is 25.5 Å². The van der Waals surface area contributed by atoms with Gasteiger partial charge in [-0.05, 0) is 82.4 Å². The largest absolute Gasteiger partial charge is 0.458 e. The number of carbonyl (C=O) groups excluding carboxylic acids is 1. The Morgan fingerprint density at radius 3 is 2.24 bits per heavy atom. The van der Waals surface area contributed by atoms with E-state index in [4.69, 9.17) is 4.74 Å². The molecule has 7 nitrogen and oxygen atoms in total. The first-order valence-electron chi connectivity index (χ1n) is 10.8. The lowest BCUT2D eigenvalue weighted by atomic mass is 9.90. The van der Waals surface area contributed by atoms with E-state index < -0.39 is 18.2 Å². The normalized spacial score (nSPS) is 18.2. The summed E-state index contributed by atoms with van der Waals surface area (Å²) in [5, 5.41) is 21.8. The predicted octanol–water partition coefficient (Wildman–Crippen LogP) is 3.69. The standard InChI is InChI=1S/C25H24F2N4O3/c1-14-10-16(4-8-21(14)26)24(17-5-9-22(27)15(2)11-17)20(25-28-29-30-31(25)3)7-6-19-12-18(32)13-23(33)34-19/h4-11,18-19,32H,12-13H2,1-3H3/b7-6+. The maximum Gasteiger partial charge on any atom is 0.309 e. The van der Waals surface area contributed by atoms with Crippen LogP contribution >= 0.6 is 0 Å². The maximum atomic E-state index is 14.1. The number of tetrazole rings is 1. The van der Waals surface area contributed by atoms with Crippen molar-refractivity contribution in [2.24, 2.45) is 7.05 Å². The fourth-order valence-corrected chi connectivity index (χ4v) is 3.94. The van der Waals surface area contributed by atoms with Crippen molar-refractivity contribution in [3.63, 3.8) is 0 Å². The van der Waals surface area contributed by atoms with Crippen molar-refractivity contribution in [1.82, 2.24) is 20.2 Å². The first kappa shape index (κ1) is 23.4. The van der Waals surface area contributed by atoms with E-state index in [9.17, 15) is 18.7 Å². The third-order valence-corrected chi connectivity index (χ3v) is 5.69. The van der Waals surface area contributed by atoms with Crippen molar-refractivity contribution in [2.75, 3.05) is 0 Å². The number of allylic oxidation sites excluding steroid dienone is 2. The van der Waals surface area contributed by atoms with Crippen LogP contribution in [0.25, 0.3) is 11.1 Å². The zero-order valence-electron chi connectivity index (χ0n) is 19.0. The molecule has 3 aromatic rings. The molecular formula is C25H24F2N4O3. The number of halogens is 2. The Bertz CT molecular complexity index is 1250. The number of aliphatic hydroxyl groups excluding tert-OH is 1. The molecule has 0 bridgehead atoms. The topological polar surface area (TPSA) is 90.1 Å². The summed E-state index contributed by atoms with van der Waals surface area (Å²) in [7, 11) is 1.68. The Hall–Kier alpha value is -3.72. The van der Waals surface area contributed by atoms with Gasteiger partial charge in [0.25, 0.3) is 0 Å². The molecular weight excluding hydrogens is 442 g/mol. The van der Waals surface area contributed by atoms with E-state index in [1.807, 2.05) is 0 Å². The highest BCUT2D eigenvalue weighted by atomic mass is 19.1. The molecule has 0 saturated carbocycles. The van der Waals surface area contributed by atoms with Crippen LogP contribution in [0.15, 0.2) is 48.6 Å². The Balaban J connectivity index is 1.96. The second-order valence-corrected chi connectivity index (χ2v) is 8.32. The Labute approximate surface area is 195 Å². The molecule has 176 valence electrons. The van der Waals surface area contributed by atoms with E-state index in [0.717, 1.165) is 0 Å². The van der Waals surface area contributed by atoms with Gasteiger partial charge in [-0.3, -0.25) is 4.79 Å². The number of aliphatic hydroxyl groups is 1. The van der Waals surface area contributed by atoms with Gasteiger partial charge in [0, 0.05) is 19.0 Å². The molecule has 0 spiro atoms. The Morgan fingerprint density at radius 2 is 1.74 bits per heavy atom. The van der Waals surface area contributed by atoms with Gasteiger partial charge in [-0.2, -0.15) is 0 Å². The lowest BCUT2D eigenvalue weighted by Crippen LogP contribution is -2.31. The number of esters is 1. The van der Waals surface area contributed by atoms with Gasteiger partial charge in [-0.25, -0.2) is 13.5 Å². The number of hydrogen-bond acceptors (Lipinski definition) is 6. The molecule has 1 aliphatic heterocycles. The Kier molecular flexibility index (Phi) is 6.65. The highest BCUT2D eigenvalue weighted by molar-refractivity contribution is 6.01. The van der Waals surface area contributed by atoms with Crippen LogP contribution in [0.1, 0.15) is 40.9 Å². The van der Waals surface area contributed by atoms with Gasteiger partial charge < -0.3 is 9.84 Å². The van der Waals surface area contributed by atoms with Crippen LogP contribution in [0.5, 0.6) is 0 Å². The fourth-order valence-electron chi connectivity index (χ4n) is 3.94. The summed E-state index contributed by atoms with van der Waals surface area (Å²) in [5.41, 5.74) is 3.43. The summed E-state index contributed by atoms with van der Waals surface area (Å²) in [4.78, 5) is 11.8. The minimum Gasteiger partial charge on any atom is -0.458 e. The molecule has 9 heteroatoms. The number of aryl methyl sites for hydroxylation is 3. The van der Waals surface area contributed by atoms with Crippen molar-refractivity contribution >= 4 is 17.1 Å². The number of benzene rings is 2. The summed E-state index contributed by atoms with van der Waals surface area (Å²) >= 11 is 0. The molecule has 0 amide bonds. The summed E-state index contributed by atoms with van der Waals surface area (Å²) in [6.45, 7) is 3.32. The molecule has 1 N–H and O–H groups in total. The number of ether oxygens (including phenoxy) is 1. The zero-order chi connectivity index (χ0) is 24.4. The van der Waals surface area contributed by atoms with Crippen LogP contribution in [-0.4, -0.2) is 43.5 Å². The lowest BCUT2D eigenvalue weighted by molar-refractivity contribution is -0.156. The number of hydrogen-bond donors (Lipinski definition) is 1. The average molecular weight is 466 g/mol. The van der Waals surface area contributed by atoms with Crippen molar-refractivity contribution in [1.29, 1.82) is 0 Å². The van der Waals surface area contributed by atoms with Crippen molar-refractivity contribution < 1.29 is 23.4 Å². The SMILES string of the molecule is Cc1cc(C(=C(/C=C/C2CC(O)CC(=O)O2)c2nnnn2C)c2ccc(F)c(C)c2)ccc1F. The van der Waals surface area contributed by atoms with Crippen LogP contribution in [0.3, 0.4) is 0 Å².